The molecular formula is C24H31ClN4O3S. The first-order valence-corrected chi connectivity index (χ1v) is 12.5. The minimum atomic E-state index is -0.654. The molecule has 1 saturated heterocycles. The SMILES string of the molecule is CC(C)[C@H](C)NC(=O)[C@@H](NC(=O)c1cccs1)C1CCN(C(=O)Nc2cccc(Cl)c2)CC1. The van der Waals surface area contributed by atoms with E-state index in [1.54, 1.807) is 35.2 Å². The van der Waals surface area contributed by atoms with Gasteiger partial charge in [0, 0.05) is 29.8 Å². The molecule has 0 bridgehead atoms. The second-order valence-electron chi connectivity index (χ2n) is 8.73. The molecule has 2 atom stereocenters. The molecule has 2 heterocycles. The third-order valence-electron chi connectivity index (χ3n) is 6.06. The van der Waals surface area contributed by atoms with Crippen LogP contribution in [0.5, 0.6) is 0 Å². The summed E-state index contributed by atoms with van der Waals surface area (Å²) in [6.45, 7) is 7.04. The minimum absolute atomic E-state index is 0.0118. The third-order valence-corrected chi connectivity index (χ3v) is 7.16. The molecule has 1 aromatic carbocycles. The zero-order chi connectivity index (χ0) is 24.0. The van der Waals surface area contributed by atoms with E-state index in [2.05, 4.69) is 16.0 Å². The molecule has 9 heteroatoms. The number of likely N-dealkylation sites (tertiary alicyclic amines) is 1. The van der Waals surface area contributed by atoms with Crippen molar-refractivity contribution in [1.29, 1.82) is 0 Å². The van der Waals surface area contributed by atoms with E-state index in [0.717, 1.165) is 0 Å². The van der Waals surface area contributed by atoms with Crippen LogP contribution in [0, 0.1) is 11.8 Å². The molecule has 3 N–H and O–H groups in total. The summed E-state index contributed by atoms with van der Waals surface area (Å²) in [5.41, 5.74) is 0.637. The van der Waals surface area contributed by atoms with Gasteiger partial charge in [0.2, 0.25) is 5.91 Å². The topological polar surface area (TPSA) is 90.5 Å². The first kappa shape index (κ1) is 25.1. The van der Waals surface area contributed by atoms with Gasteiger partial charge in [-0.3, -0.25) is 9.59 Å². The van der Waals surface area contributed by atoms with Crippen molar-refractivity contribution in [1.82, 2.24) is 15.5 Å². The zero-order valence-electron chi connectivity index (χ0n) is 19.1. The maximum absolute atomic E-state index is 13.1. The lowest BCUT2D eigenvalue weighted by Gasteiger charge is -2.36. The molecule has 0 radical (unpaired) electrons. The Kier molecular flexibility index (Phi) is 8.74. The van der Waals surface area contributed by atoms with Crippen LogP contribution in [-0.2, 0) is 4.79 Å². The Hall–Kier alpha value is -2.58. The fraction of sp³-hybridized carbons (Fsp3) is 0.458. The molecule has 4 amide bonds. The highest BCUT2D eigenvalue weighted by molar-refractivity contribution is 7.12. The molecule has 0 unspecified atom stereocenters. The van der Waals surface area contributed by atoms with Crippen LogP contribution in [-0.4, -0.2) is 47.9 Å². The van der Waals surface area contributed by atoms with Gasteiger partial charge >= 0.3 is 6.03 Å². The molecule has 0 aliphatic carbocycles. The van der Waals surface area contributed by atoms with Crippen LogP contribution in [0.4, 0.5) is 10.5 Å². The second kappa shape index (κ2) is 11.5. The maximum Gasteiger partial charge on any atom is 0.321 e. The summed E-state index contributed by atoms with van der Waals surface area (Å²) in [5, 5.41) is 11.2. The monoisotopic (exact) mass is 490 g/mol. The summed E-state index contributed by atoms with van der Waals surface area (Å²) in [5.74, 6) is -0.213. The van der Waals surface area contributed by atoms with Gasteiger partial charge in [-0.2, -0.15) is 0 Å². The molecule has 1 fully saturated rings. The number of nitrogens with zero attached hydrogens (tertiary/aromatic N) is 1. The van der Waals surface area contributed by atoms with E-state index in [-0.39, 0.29) is 35.7 Å². The molecule has 0 saturated carbocycles. The third kappa shape index (κ3) is 6.95. The van der Waals surface area contributed by atoms with Crippen molar-refractivity contribution >= 4 is 46.5 Å². The lowest BCUT2D eigenvalue weighted by atomic mass is 9.88. The van der Waals surface area contributed by atoms with Crippen molar-refractivity contribution in [3.05, 3.63) is 51.7 Å². The molecular weight excluding hydrogens is 460 g/mol. The average Bonchev–Trinajstić information content (AvgIpc) is 3.32. The highest BCUT2D eigenvalue weighted by Gasteiger charge is 2.34. The largest absolute Gasteiger partial charge is 0.352 e. The van der Waals surface area contributed by atoms with Gasteiger partial charge in [-0.05, 0) is 61.2 Å². The number of amides is 4. The summed E-state index contributed by atoms with van der Waals surface area (Å²) in [7, 11) is 0. The summed E-state index contributed by atoms with van der Waals surface area (Å²) >= 11 is 7.34. The zero-order valence-corrected chi connectivity index (χ0v) is 20.7. The normalized spacial score (nSPS) is 16.2. The Morgan fingerprint density at radius 3 is 2.39 bits per heavy atom. The van der Waals surface area contributed by atoms with E-state index < -0.39 is 6.04 Å². The summed E-state index contributed by atoms with van der Waals surface area (Å²) in [6.07, 6.45) is 1.23. The fourth-order valence-electron chi connectivity index (χ4n) is 3.70. The van der Waals surface area contributed by atoms with Gasteiger partial charge < -0.3 is 20.9 Å². The summed E-state index contributed by atoms with van der Waals surface area (Å²) in [4.78, 5) is 40.8. The molecule has 3 rings (SSSR count). The van der Waals surface area contributed by atoms with Gasteiger partial charge in [0.05, 0.1) is 4.88 Å². The maximum atomic E-state index is 13.1. The highest BCUT2D eigenvalue weighted by atomic mass is 35.5. The van der Waals surface area contributed by atoms with Gasteiger partial charge in [0.1, 0.15) is 6.04 Å². The minimum Gasteiger partial charge on any atom is -0.352 e. The number of rotatable bonds is 7. The van der Waals surface area contributed by atoms with Crippen LogP contribution >= 0.6 is 22.9 Å². The van der Waals surface area contributed by atoms with E-state index >= 15 is 0 Å². The average molecular weight is 491 g/mol. The second-order valence-corrected chi connectivity index (χ2v) is 10.1. The Balaban J connectivity index is 1.64. The highest BCUT2D eigenvalue weighted by Crippen LogP contribution is 2.23. The quantitative estimate of drug-likeness (QED) is 0.529. The van der Waals surface area contributed by atoms with Gasteiger partial charge in [0.25, 0.3) is 5.91 Å². The van der Waals surface area contributed by atoms with Crippen molar-refractivity contribution in [3.63, 3.8) is 0 Å². The fourth-order valence-corrected chi connectivity index (χ4v) is 4.52. The van der Waals surface area contributed by atoms with E-state index in [0.29, 0.717) is 41.5 Å². The number of benzene rings is 1. The Morgan fingerprint density at radius 2 is 1.79 bits per heavy atom. The van der Waals surface area contributed by atoms with Crippen LogP contribution in [0.25, 0.3) is 0 Å². The van der Waals surface area contributed by atoms with Crippen LogP contribution in [0.15, 0.2) is 41.8 Å². The van der Waals surface area contributed by atoms with Crippen LogP contribution in [0.1, 0.15) is 43.3 Å². The number of thiophene rings is 1. The Labute approximate surface area is 203 Å². The molecule has 2 aromatic rings. The number of hydrogen-bond acceptors (Lipinski definition) is 4. The molecule has 0 spiro atoms. The Bertz CT molecular complexity index is 958. The van der Waals surface area contributed by atoms with Crippen LogP contribution < -0.4 is 16.0 Å². The number of carbonyl (C=O) groups excluding carboxylic acids is 3. The van der Waals surface area contributed by atoms with E-state index in [1.807, 2.05) is 32.2 Å². The summed E-state index contributed by atoms with van der Waals surface area (Å²) < 4.78 is 0. The standard InChI is InChI=1S/C24H31ClN4O3S/c1-15(2)16(3)26-23(31)21(28-22(30)20-8-5-13-33-20)17-9-11-29(12-10-17)24(32)27-19-7-4-6-18(25)14-19/h4-8,13-17,21H,9-12H2,1-3H3,(H,26,31)(H,27,32)(H,28,30)/t16-,21-/m0/s1. The predicted molar refractivity (Wildman–Crippen MR) is 133 cm³/mol. The first-order chi connectivity index (χ1) is 15.7. The van der Waals surface area contributed by atoms with Gasteiger partial charge in [-0.25, -0.2) is 4.79 Å². The molecule has 33 heavy (non-hydrogen) atoms. The number of urea groups is 1. The molecule has 1 aliphatic rings. The molecule has 1 aromatic heterocycles. The van der Waals surface area contributed by atoms with Gasteiger partial charge in [0.15, 0.2) is 0 Å². The summed E-state index contributed by atoms with van der Waals surface area (Å²) in [6, 6.07) is 9.70. The van der Waals surface area contributed by atoms with Crippen LogP contribution in [0.3, 0.4) is 0 Å². The predicted octanol–water partition coefficient (Wildman–Crippen LogP) is 4.60. The van der Waals surface area contributed by atoms with Gasteiger partial charge in [-0.15, -0.1) is 11.3 Å². The van der Waals surface area contributed by atoms with Crippen molar-refractivity contribution < 1.29 is 14.4 Å². The van der Waals surface area contributed by atoms with Gasteiger partial charge in [-0.1, -0.05) is 37.6 Å². The lowest BCUT2D eigenvalue weighted by molar-refractivity contribution is -0.125. The Morgan fingerprint density at radius 1 is 1.06 bits per heavy atom. The number of anilines is 1. The van der Waals surface area contributed by atoms with E-state index in [1.165, 1.54) is 11.3 Å². The number of hydrogen-bond donors (Lipinski definition) is 3. The van der Waals surface area contributed by atoms with E-state index in [4.69, 9.17) is 11.6 Å². The van der Waals surface area contributed by atoms with E-state index in [9.17, 15) is 14.4 Å². The van der Waals surface area contributed by atoms with Crippen molar-refractivity contribution in [3.8, 4) is 0 Å². The number of carbonyl (C=O) groups is 3. The lowest BCUT2D eigenvalue weighted by Crippen LogP contribution is -2.55. The first-order valence-electron chi connectivity index (χ1n) is 11.2. The van der Waals surface area contributed by atoms with Crippen molar-refractivity contribution in [2.45, 2.75) is 45.7 Å². The molecule has 1 aliphatic heterocycles. The number of piperidine rings is 1. The van der Waals surface area contributed by atoms with Crippen LogP contribution in [0.2, 0.25) is 5.02 Å². The van der Waals surface area contributed by atoms with Crippen molar-refractivity contribution in [2.75, 3.05) is 18.4 Å². The van der Waals surface area contributed by atoms with Crippen molar-refractivity contribution in [2.24, 2.45) is 11.8 Å². The molecule has 7 nitrogen and oxygen atoms in total. The molecule has 178 valence electrons. The smallest absolute Gasteiger partial charge is 0.321 e. The number of halogens is 1. The number of nitrogens with one attached hydrogen (secondary N) is 3.